The number of nitriles is 1. The molecule has 3 rings (SSSR count). The van der Waals surface area contributed by atoms with Crippen molar-refractivity contribution in [1.29, 1.82) is 5.26 Å². The van der Waals surface area contributed by atoms with Crippen LogP contribution in [0.15, 0.2) is 29.1 Å². The third-order valence-corrected chi connectivity index (χ3v) is 5.68. The van der Waals surface area contributed by atoms with Gasteiger partial charge in [0.05, 0.1) is 30.2 Å². The van der Waals surface area contributed by atoms with Gasteiger partial charge >= 0.3 is 5.97 Å². The fourth-order valence-electron chi connectivity index (χ4n) is 3.05. The lowest BCUT2D eigenvalue weighted by atomic mass is 10.1. The zero-order valence-corrected chi connectivity index (χ0v) is 17.8. The summed E-state index contributed by atoms with van der Waals surface area (Å²) in [7, 11) is 3.45. The van der Waals surface area contributed by atoms with Crippen molar-refractivity contribution in [3.8, 4) is 6.07 Å². The van der Waals surface area contributed by atoms with Crippen LogP contribution in [0.25, 0.3) is 10.2 Å². The maximum absolute atomic E-state index is 12.6. The van der Waals surface area contributed by atoms with Crippen LogP contribution < -0.4 is 5.56 Å². The zero-order valence-electron chi connectivity index (χ0n) is 17.0. The molecule has 0 unspecified atom stereocenters. The van der Waals surface area contributed by atoms with Gasteiger partial charge in [-0.05, 0) is 37.2 Å². The molecule has 156 valence electrons. The lowest BCUT2D eigenvalue weighted by molar-refractivity contribution is 0.0393. The van der Waals surface area contributed by atoms with E-state index in [0.29, 0.717) is 51.7 Å². The van der Waals surface area contributed by atoms with Gasteiger partial charge in [-0.25, -0.2) is 9.78 Å². The van der Waals surface area contributed by atoms with E-state index in [1.165, 1.54) is 7.11 Å². The molecule has 0 bridgehead atoms. The van der Waals surface area contributed by atoms with E-state index in [2.05, 4.69) is 16.0 Å². The number of aryl methyl sites for hydroxylation is 1. The first-order chi connectivity index (χ1) is 14.4. The Balaban J connectivity index is 1.77. The standard InChI is InChI=1S/C21H22N4O4S/c1-13-17-19(26)23-16(12-25(2)11-15-6-4-14(10-22)5-7-15)24-20(17)30-18(13)21(27)29-9-8-28-3/h4-7H,8-9,11-12H2,1-3H3,(H,23,24,26). The topological polar surface area (TPSA) is 108 Å². The molecule has 0 aliphatic carbocycles. The van der Waals surface area contributed by atoms with Gasteiger partial charge in [0.2, 0.25) is 0 Å². The smallest absolute Gasteiger partial charge is 0.348 e. The van der Waals surface area contributed by atoms with Crippen LogP contribution in [0, 0.1) is 18.3 Å². The summed E-state index contributed by atoms with van der Waals surface area (Å²) in [6.45, 7) is 3.24. The Hall–Kier alpha value is -3.06. The number of esters is 1. The first-order valence-electron chi connectivity index (χ1n) is 9.29. The Kier molecular flexibility index (Phi) is 6.95. The highest BCUT2D eigenvalue weighted by molar-refractivity contribution is 7.20. The summed E-state index contributed by atoms with van der Waals surface area (Å²) in [6.07, 6.45) is 0. The largest absolute Gasteiger partial charge is 0.459 e. The lowest BCUT2D eigenvalue weighted by Crippen LogP contribution is -2.21. The average Bonchev–Trinajstić information content (AvgIpc) is 3.05. The molecule has 3 aromatic rings. The number of nitrogens with one attached hydrogen (secondary N) is 1. The number of carbonyl (C=O) groups is 1. The first kappa shape index (κ1) is 21.6. The quantitative estimate of drug-likeness (QED) is 0.436. The number of ether oxygens (including phenoxy) is 2. The molecular formula is C21H22N4O4S. The number of thiophene rings is 1. The first-order valence-corrected chi connectivity index (χ1v) is 10.1. The van der Waals surface area contributed by atoms with Crippen molar-refractivity contribution in [2.75, 3.05) is 27.4 Å². The van der Waals surface area contributed by atoms with Gasteiger partial charge in [0.1, 0.15) is 22.1 Å². The number of aromatic nitrogens is 2. The van der Waals surface area contributed by atoms with Crippen LogP contribution in [-0.4, -0.2) is 48.2 Å². The molecular weight excluding hydrogens is 404 g/mol. The van der Waals surface area contributed by atoms with Crippen molar-refractivity contribution in [2.45, 2.75) is 20.0 Å². The number of methoxy groups -OCH3 is 1. The van der Waals surface area contributed by atoms with Gasteiger partial charge in [-0.15, -0.1) is 11.3 Å². The molecule has 0 amide bonds. The van der Waals surface area contributed by atoms with Crippen molar-refractivity contribution in [2.24, 2.45) is 0 Å². The van der Waals surface area contributed by atoms with E-state index in [1.807, 2.05) is 24.1 Å². The van der Waals surface area contributed by atoms with Gasteiger partial charge in [0.15, 0.2) is 0 Å². The van der Waals surface area contributed by atoms with E-state index in [4.69, 9.17) is 14.7 Å². The fraction of sp³-hybridized carbons (Fsp3) is 0.333. The van der Waals surface area contributed by atoms with Crippen LogP contribution in [0.2, 0.25) is 0 Å². The molecule has 9 heteroatoms. The van der Waals surface area contributed by atoms with Crippen LogP contribution in [0.4, 0.5) is 0 Å². The minimum absolute atomic E-state index is 0.151. The number of H-pyrrole nitrogens is 1. The van der Waals surface area contributed by atoms with E-state index < -0.39 is 5.97 Å². The van der Waals surface area contributed by atoms with Crippen LogP contribution in [0.5, 0.6) is 0 Å². The number of hydrogen-bond donors (Lipinski definition) is 1. The highest BCUT2D eigenvalue weighted by atomic mass is 32.1. The van der Waals surface area contributed by atoms with Crippen molar-refractivity contribution in [1.82, 2.24) is 14.9 Å². The number of hydrogen-bond acceptors (Lipinski definition) is 8. The molecule has 0 saturated carbocycles. The molecule has 0 aliphatic rings. The summed E-state index contributed by atoms with van der Waals surface area (Å²) >= 11 is 1.16. The molecule has 2 heterocycles. The molecule has 0 fully saturated rings. The summed E-state index contributed by atoms with van der Waals surface area (Å²) < 4.78 is 10.1. The van der Waals surface area contributed by atoms with Gasteiger partial charge in [-0.3, -0.25) is 9.69 Å². The zero-order chi connectivity index (χ0) is 21.7. The molecule has 0 atom stereocenters. The van der Waals surface area contributed by atoms with Crippen LogP contribution in [0.1, 0.15) is 32.2 Å². The van der Waals surface area contributed by atoms with E-state index in [9.17, 15) is 9.59 Å². The molecule has 0 saturated heterocycles. The molecule has 0 radical (unpaired) electrons. The van der Waals surface area contributed by atoms with E-state index in [0.717, 1.165) is 16.9 Å². The second-order valence-electron chi connectivity index (χ2n) is 6.86. The summed E-state index contributed by atoms with van der Waals surface area (Å²) in [5, 5.41) is 9.31. The minimum Gasteiger partial charge on any atom is -0.459 e. The lowest BCUT2D eigenvalue weighted by Gasteiger charge is -2.16. The molecule has 2 aromatic heterocycles. The van der Waals surface area contributed by atoms with E-state index in [1.54, 1.807) is 19.1 Å². The average molecular weight is 426 g/mol. The van der Waals surface area contributed by atoms with Crippen LogP contribution in [-0.2, 0) is 22.6 Å². The molecule has 0 spiro atoms. The molecule has 30 heavy (non-hydrogen) atoms. The fourth-order valence-corrected chi connectivity index (χ4v) is 4.14. The maximum atomic E-state index is 12.6. The predicted octanol–water partition coefficient (Wildman–Crippen LogP) is 2.60. The van der Waals surface area contributed by atoms with Gasteiger partial charge < -0.3 is 14.5 Å². The van der Waals surface area contributed by atoms with Gasteiger partial charge in [-0.2, -0.15) is 5.26 Å². The van der Waals surface area contributed by atoms with Crippen LogP contribution >= 0.6 is 11.3 Å². The predicted molar refractivity (Wildman–Crippen MR) is 113 cm³/mol. The number of nitrogens with zero attached hydrogens (tertiary/aromatic N) is 3. The minimum atomic E-state index is -0.480. The SMILES string of the molecule is COCCOC(=O)c1sc2nc(CN(C)Cc3ccc(C#N)cc3)[nH]c(=O)c2c1C. The molecule has 0 aliphatic heterocycles. The summed E-state index contributed by atoms with van der Waals surface area (Å²) in [5.74, 6) is 0.0376. The number of rotatable bonds is 8. The van der Waals surface area contributed by atoms with Crippen molar-refractivity contribution < 1.29 is 14.3 Å². The second-order valence-corrected chi connectivity index (χ2v) is 7.86. The number of benzene rings is 1. The monoisotopic (exact) mass is 426 g/mol. The number of aromatic amines is 1. The third-order valence-electron chi connectivity index (χ3n) is 4.51. The Morgan fingerprint density at radius 3 is 2.67 bits per heavy atom. The van der Waals surface area contributed by atoms with Crippen molar-refractivity contribution >= 4 is 27.5 Å². The second kappa shape index (κ2) is 9.63. The molecule has 1 aromatic carbocycles. The summed E-state index contributed by atoms with van der Waals surface area (Å²) in [5.41, 5.74) is 1.96. The van der Waals surface area contributed by atoms with E-state index in [-0.39, 0.29) is 12.2 Å². The van der Waals surface area contributed by atoms with Crippen molar-refractivity contribution in [3.05, 3.63) is 62.0 Å². The highest BCUT2D eigenvalue weighted by Gasteiger charge is 2.20. The third kappa shape index (κ3) is 4.91. The summed E-state index contributed by atoms with van der Waals surface area (Å²) in [6, 6.07) is 9.45. The summed E-state index contributed by atoms with van der Waals surface area (Å²) in [4.78, 5) is 35.2. The van der Waals surface area contributed by atoms with Gasteiger partial charge in [0, 0.05) is 13.7 Å². The van der Waals surface area contributed by atoms with Gasteiger partial charge in [0.25, 0.3) is 5.56 Å². The Bertz CT molecular complexity index is 1140. The normalized spacial score (nSPS) is 11.0. The van der Waals surface area contributed by atoms with Crippen LogP contribution in [0.3, 0.4) is 0 Å². The van der Waals surface area contributed by atoms with E-state index >= 15 is 0 Å². The van der Waals surface area contributed by atoms with Gasteiger partial charge in [-0.1, -0.05) is 12.1 Å². The Labute approximate surface area is 177 Å². The number of fused-ring (bicyclic) bond motifs is 1. The molecule has 1 N–H and O–H groups in total. The number of carbonyl (C=O) groups excluding carboxylic acids is 1. The maximum Gasteiger partial charge on any atom is 0.348 e. The molecule has 8 nitrogen and oxygen atoms in total. The Morgan fingerprint density at radius 1 is 1.27 bits per heavy atom. The Morgan fingerprint density at radius 2 is 2.00 bits per heavy atom. The highest BCUT2D eigenvalue weighted by Crippen LogP contribution is 2.27. The van der Waals surface area contributed by atoms with Crippen molar-refractivity contribution in [3.63, 3.8) is 0 Å².